The van der Waals surface area contributed by atoms with E-state index in [1.54, 1.807) is 7.11 Å². The molecule has 0 saturated heterocycles. The van der Waals surface area contributed by atoms with Gasteiger partial charge in [0.1, 0.15) is 11.3 Å². The monoisotopic (exact) mass is 289 g/mol. The fourth-order valence-electron chi connectivity index (χ4n) is 2.53. The number of fused-ring (bicyclic) bond motifs is 1. The first-order valence-electron chi connectivity index (χ1n) is 7.65. The maximum atomic E-state index is 5.88. The van der Waals surface area contributed by atoms with Crippen LogP contribution in [0.15, 0.2) is 22.8 Å². The minimum atomic E-state index is 0.0259. The molecule has 0 atom stereocenters. The number of rotatable bonds is 5. The van der Waals surface area contributed by atoms with Crippen LogP contribution >= 0.6 is 0 Å². The van der Waals surface area contributed by atoms with Gasteiger partial charge in [0.2, 0.25) is 0 Å². The number of nitrogens with one attached hydrogen (secondary N) is 1. The van der Waals surface area contributed by atoms with Crippen LogP contribution in [0.1, 0.15) is 45.7 Å². The van der Waals surface area contributed by atoms with Gasteiger partial charge in [0.25, 0.3) is 0 Å². The molecule has 0 aliphatic heterocycles. The molecule has 1 heterocycles. The van der Waals surface area contributed by atoms with Gasteiger partial charge in [-0.25, -0.2) is 0 Å². The third-order valence-electron chi connectivity index (χ3n) is 3.72. The summed E-state index contributed by atoms with van der Waals surface area (Å²) in [5, 5.41) is 4.62. The minimum absolute atomic E-state index is 0.0259. The molecular formula is C18H27NO2. The molecule has 3 nitrogen and oxygen atoms in total. The van der Waals surface area contributed by atoms with Crippen molar-refractivity contribution in [3.63, 3.8) is 0 Å². The maximum absolute atomic E-state index is 5.88. The Morgan fingerprint density at radius 3 is 2.52 bits per heavy atom. The van der Waals surface area contributed by atoms with Crippen LogP contribution in [0.3, 0.4) is 0 Å². The minimum Gasteiger partial charge on any atom is -0.497 e. The lowest BCUT2D eigenvalue weighted by Gasteiger charge is -2.20. The van der Waals surface area contributed by atoms with Gasteiger partial charge in [0, 0.05) is 17.0 Å². The van der Waals surface area contributed by atoms with Crippen molar-refractivity contribution in [3.05, 3.63) is 29.5 Å². The molecule has 0 amide bonds. The van der Waals surface area contributed by atoms with Crippen LogP contribution < -0.4 is 10.1 Å². The number of hydrogen-bond acceptors (Lipinski definition) is 3. The third kappa shape index (κ3) is 3.59. The molecule has 2 aromatic rings. The lowest BCUT2D eigenvalue weighted by atomic mass is 9.85. The van der Waals surface area contributed by atoms with E-state index in [1.807, 2.05) is 6.26 Å². The van der Waals surface area contributed by atoms with E-state index in [0.29, 0.717) is 6.04 Å². The van der Waals surface area contributed by atoms with Crippen molar-refractivity contribution >= 4 is 11.0 Å². The van der Waals surface area contributed by atoms with Gasteiger partial charge in [-0.1, -0.05) is 34.6 Å². The fraction of sp³-hybridized carbons (Fsp3) is 0.556. The van der Waals surface area contributed by atoms with Crippen molar-refractivity contribution in [1.82, 2.24) is 5.32 Å². The molecule has 0 saturated carbocycles. The Morgan fingerprint density at radius 1 is 1.24 bits per heavy atom. The van der Waals surface area contributed by atoms with Crippen molar-refractivity contribution < 1.29 is 9.15 Å². The summed E-state index contributed by atoms with van der Waals surface area (Å²) in [4.78, 5) is 0. The molecule has 116 valence electrons. The van der Waals surface area contributed by atoms with Gasteiger partial charge in [0.05, 0.1) is 13.4 Å². The van der Waals surface area contributed by atoms with Gasteiger partial charge in [-0.15, -0.1) is 0 Å². The highest BCUT2D eigenvalue weighted by Crippen LogP contribution is 2.36. The molecule has 0 aliphatic carbocycles. The number of methoxy groups -OCH3 is 1. The van der Waals surface area contributed by atoms with Crippen molar-refractivity contribution in [2.45, 2.75) is 52.5 Å². The third-order valence-corrected chi connectivity index (χ3v) is 3.72. The summed E-state index contributed by atoms with van der Waals surface area (Å²) in [5.41, 5.74) is 3.45. The van der Waals surface area contributed by atoms with E-state index in [-0.39, 0.29) is 5.41 Å². The number of hydrogen-bond donors (Lipinski definition) is 1. The predicted molar refractivity (Wildman–Crippen MR) is 88.3 cm³/mol. The topological polar surface area (TPSA) is 34.4 Å². The molecule has 0 unspecified atom stereocenters. The van der Waals surface area contributed by atoms with Gasteiger partial charge in [-0.3, -0.25) is 0 Å². The standard InChI is InChI=1S/C18H27NO2/c1-12(2)19-8-7-13-11-21-17-15(13)9-14(20-6)10-16(17)18(3,4)5/h9-12,19H,7-8H2,1-6H3. The molecule has 0 spiro atoms. The van der Waals surface area contributed by atoms with E-state index in [0.717, 1.165) is 24.3 Å². The van der Waals surface area contributed by atoms with E-state index < -0.39 is 0 Å². The second kappa shape index (κ2) is 6.10. The average Bonchev–Trinajstić information content (AvgIpc) is 2.79. The molecule has 0 radical (unpaired) electrons. The summed E-state index contributed by atoms with van der Waals surface area (Å²) in [6, 6.07) is 4.67. The van der Waals surface area contributed by atoms with Crippen LogP contribution in [-0.4, -0.2) is 19.7 Å². The summed E-state index contributed by atoms with van der Waals surface area (Å²) in [6.45, 7) is 11.9. The van der Waals surface area contributed by atoms with Crippen LogP contribution in [0, 0.1) is 0 Å². The molecule has 2 rings (SSSR count). The van der Waals surface area contributed by atoms with Gasteiger partial charge >= 0.3 is 0 Å². The highest BCUT2D eigenvalue weighted by molar-refractivity contribution is 5.86. The molecule has 0 aliphatic rings. The number of benzene rings is 1. The Hall–Kier alpha value is -1.48. The zero-order valence-electron chi connectivity index (χ0n) is 14.0. The molecule has 1 aromatic heterocycles. The zero-order chi connectivity index (χ0) is 15.6. The molecule has 21 heavy (non-hydrogen) atoms. The smallest absolute Gasteiger partial charge is 0.138 e. The van der Waals surface area contributed by atoms with E-state index in [1.165, 1.54) is 16.5 Å². The highest BCUT2D eigenvalue weighted by Gasteiger charge is 2.22. The summed E-state index contributed by atoms with van der Waals surface area (Å²) in [7, 11) is 1.72. The van der Waals surface area contributed by atoms with Gasteiger partial charge in [0.15, 0.2) is 0 Å². The normalized spacial score (nSPS) is 12.3. The lowest BCUT2D eigenvalue weighted by Crippen LogP contribution is -2.24. The summed E-state index contributed by atoms with van der Waals surface area (Å²) >= 11 is 0. The Bertz CT molecular complexity index is 605. The van der Waals surface area contributed by atoms with Crippen LogP contribution in [0.25, 0.3) is 11.0 Å². The fourth-order valence-corrected chi connectivity index (χ4v) is 2.53. The first-order valence-corrected chi connectivity index (χ1v) is 7.65. The summed E-state index contributed by atoms with van der Waals surface area (Å²) in [5.74, 6) is 0.895. The van der Waals surface area contributed by atoms with Crippen molar-refractivity contribution in [1.29, 1.82) is 0 Å². The number of furan rings is 1. The second-order valence-electron chi connectivity index (χ2n) is 6.92. The maximum Gasteiger partial charge on any atom is 0.138 e. The lowest BCUT2D eigenvalue weighted by molar-refractivity contribution is 0.413. The SMILES string of the molecule is COc1cc(C(C)(C)C)c2occ(CCNC(C)C)c2c1. The predicted octanol–water partition coefficient (Wildman–Crippen LogP) is 4.28. The van der Waals surface area contributed by atoms with Crippen LogP contribution in [0.2, 0.25) is 0 Å². The largest absolute Gasteiger partial charge is 0.497 e. The Labute approximate surface area is 127 Å². The van der Waals surface area contributed by atoms with E-state index in [2.05, 4.69) is 52.1 Å². The summed E-state index contributed by atoms with van der Waals surface area (Å²) in [6.07, 6.45) is 2.85. The molecule has 1 aromatic carbocycles. The van der Waals surface area contributed by atoms with Gasteiger partial charge in [-0.05, 0) is 36.1 Å². The Balaban J connectivity index is 2.41. The summed E-state index contributed by atoms with van der Waals surface area (Å²) < 4.78 is 11.3. The van der Waals surface area contributed by atoms with E-state index in [4.69, 9.17) is 9.15 Å². The molecule has 3 heteroatoms. The molecule has 1 N–H and O–H groups in total. The number of ether oxygens (including phenoxy) is 1. The van der Waals surface area contributed by atoms with Crippen molar-refractivity contribution in [2.75, 3.05) is 13.7 Å². The molecule has 0 fully saturated rings. The van der Waals surface area contributed by atoms with E-state index in [9.17, 15) is 0 Å². The van der Waals surface area contributed by atoms with Gasteiger partial charge < -0.3 is 14.5 Å². The Morgan fingerprint density at radius 2 is 1.95 bits per heavy atom. The average molecular weight is 289 g/mol. The van der Waals surface area contributed by atoms with Gasteiger partial charge in [-0.2, -0.15) is 0 Å². The molecule has 0 bridgehead atoms. The first kappa shape index (κ1) is 15.9. The second-order valence-corrected chi connectivity index (χ2v) is 6.92. The van der Waals surface area contributed by atoms with Crippen LogP contribution in [0.4, 0.5) is 0 Å². The molecular weight excluding hydrogens is 262 g/mol. The highest BCUT2D eigenvalue weighted by atomic mass is 16.5. The van der Waals surface area contributed by atoms with Crippen LogP contribution in [0.5, 0.6) is 5.75 Å². The van der Waals surface area contributed by atoms with E-state index >= 15 is 0 Å². The zero-order valence-corrected chi connectivity index (χ0v) is 14.0. The van der Waals surface area contributed by atoms with Crippen LogP contribution in [-0.2, 0) is 11.8 Å². The van der Waals surface area contributed by atoms with Crippen molar-refractivity contribution in [3.8, 4) is 5.75 Å². The Kier molecular flexibility index (Phi) is 4.62. The quantitative estimate of drug-likeness (QED) is 0.892. The first-order chi connectivity index (χ1) is 9.82. The van der Waals surface area contributed by atoms with Crippen molar-refractivity contribution in [2.24, 2.45) is 0 Å².